The zero-order valence-electron chi connectivity index (χ0n) is 13.0. The number of ketones is 1. The Labute approximate surface area is 131 Å². The molecule has 2 heteroatoms. The lowest BCUT2D eigenvalue weighted by Gasteiger charge is -2.36. The molecule has 0 amide bonds. The highest BCUT2D eigenvalue weighted by Gasteiger charge is 2.46. The zero-order chi connectivity index (χ0) is 15.1. The normalized spacial score (nSPS) is 30.6. The molecule has 0 aliphatic carbocycles. The Morgan fingerprint density at radius 3 is 2.77 bits per heavy atom. The minimum atomic E-state index is 0.0462. The summed E-state index contributed by atoms with van der Waals surface area (Å²) < 4.78 is 6.05. The number of benzene rings is 2. The lowest BCUT2D eigenvalue weighted by Crippen LogP contribution is -2.38. The number of carbonyl (C=O) groups excluding carboxylic acids is 1. The van der Waals surface area contributed by atoms with Crippen LogP contribution in [-0.2, 0) is 9.53 Å². The van der Waals surface area contributed by atoms with Gasteiger partial charge >= 0.3 is 0 Å². The summed E-state index contributed by atoms with van der Waals surface area (Å²) in [5.41, 5.74) is 1.31. The first-order chi connectivity index (χ1) is 10.8. The molecular formula is C20H22O2. The highest BCUT2D eigenvalue weighted by atomic mass is 16.5. The van der Waals surface area contributed by atoms with E-state index in [1.165, 1.54) is 16.3 Å². The summed E-state index contributed by atoms with van der Waals surface area (Å²) in [7, 11) is 0. The Morgan fingerprint density at radius 1 is 1.14 bits per heavy atom. The van der Waals surface area contributed by atoms with Crippen molar-refractivity contribution in [3.63, 3.8) is 0 Å². The summed E-state index contributed by atoms with van der Waals surface area (Å²) in [5, 5.41) is 2.53. The molecule has 2 aromatic carbocycles. The van der Waals surface area contributed by atoms with Crippen molar-refractivity contribution in [2.75, 3.05) is 0 Å². The lowest BCUT2D eigenvalue weighted by molar-refractivity contribution is -0.133. The van der Waals surface area contributed by atoms with E-state index in [4.69, 9.17) is 4.74 Å². The van der Waals surface area contributed by atoms with E-state index in [0.717, 1.165) is 19.3 Å². The van der Waals surface area contributed by atoms with E-state index in [-0.39, 0.29) is 12.0 Å². The van der Waals surface area contributed by atoms with Gasteiger partial charge < -0.3 is 4.74 Å². The van der Waals surface area contributed by atoms with E-state index >= 15 is 0 Å². The van der Waals surface area contributed by atoms with Crippen LogP contribution in [0.5, 0.6) is 0 Å². The minimum Gasteiger partial charge on any atom is -0.374 e. The standard InChI is InChI=1S/C20H22O2/c1-2-18(21)20-17(12-16-9-10-19(20)22-16)15-8-7-13-5-3-4-6-14(13)11-15/h3-8,11,16-17,19-20H,2,9-10,12H2,1H3/t16?,17-,19-,20+/m0/s1. The van der Waals surface area contributed by atoms with Gasteiger partial charge in [0.25, 0.3) is 0 Å². The van der Waals surface area contributed by atoms with Gasteiger partial charge in [-0.1, -0.05) is 49.4 Å². The van der Waals surface area contributed by atoms with Crippen molar-refractivity contribution in [2.45, 2.75) is 50.7 Å². The highest BCUT2D eigenvalue weighted by Crippen LogP contribution is 2.46. The quantitative estimate of drug-likeness (QED) is 0.835. The third-order valence-electron chi connectivity index (χ3n) is 5.41. The van der Waals surface area contributed by atoms with Gasteiger partial charge in [0.05, 0.1) is 18.1 Å². The van der Waals surface area contributed by atoms with Gasteiger partial charge in [0.1, 0.15) is 5.78 Å². The monoisotopic (exact) mass is 294 g/mol. The summed E-state index contributed by atoms with van der Waals surface area (Å²) >= 11 is 0. The second kappa shape index (κ2) is 5.51. The van der Waals surface area contributed by atoms with Gasteiger partial charge in [-0.25, -0.2) is 0 Å². The number of hydrogen-bond donors (Lipinski definition) is 0. The Morgan fingerprint density at radius 2 is 1.95 bits per heavy atom. The van der Waals surface area contributed by atoms with Gasteiger partial charge in [0.15, 0.2) is 0 Å². The molecule has 0 aromatic heterocycles. The van der Waals surface area contributed by atoms with E-state index in [9.17, 15) is 4.79 Å². The molecule has 0 radical (unpaired) electrons. The Bertz CT molecular complexity index is 706. The van der Waals surface area contributed by atoms with Crippen LogP contribution in [0.1, 0.15) is 44.1 Å². The molecule has 2 aliphatic rings. The molecule has 2 saturated heterocycles. The molecule has 4 atom stereocenters. The van der Waals surface area contributed by atoms with Gasteiger partial charge in [-0.15, -0.1) is 0 Å². The van der Waals surface area contributed by atoms with Crippen LogP contribution in [0.25, 0.3) is 10.8 Å². The third-order valence-corrected chi connectivity index (χ3v) is 5.41. The van der Waals surface area contributed by atoms with Crippen LogP contribution in [0.4, 0.5) is 0 Å². The highest BCUT2D eigenvalue weighted by molar-refractivity contribution is 5.85. The molecule has 114 valence electrons. The summed E-state index contributed by atoms with van der Waals surface area (Å²) in [4.78, 5) is 12.5. The Balaban J connectivity index is 1.75. The SMILES string of the molecule is CCC(=O)[C@@H]1[C@@H]2CCC(C[C@H]1c1ccc3ccccc3c1)O2. The van der Waals surface area contributed by atoms with Crippen LogP contribution in [0.15, 0.2) is 42.5 Å². The molecule has 2 fully saturated rings. The van der Waals surface area contributed by atoms with Crippen molar-refractivity contribution < 1.29 is 9.53 Å². The fourth-order valence-corrected chi connectivity index (χ4v) is 4.31. The van der Waals surface area contributed by atoms with Crippen LogP contribution in [0.3, 0.4) is 0 Å². The molecular weight excluding hydrogens is 272 g/mol. The molecule has 2 aromatic rings. The number of ether oxygens (including phenoxy) is 1. The van der Waals surface area contributed by atoms with E-state index in [0.29, 0.717) is 24.2 Å². The molecule has 0 N–H and O–H groups in total. The summed E-state index contributed by atoms with van der Waals surface area (Å²) in [5.74, 6) is 0.733. The Hall–Kier alpha value is -1.67. The minimum absolute atomic E-state index is 0.0462. The zero-order valence-corrected chi connectivity index (χ0v) is 13.0. The molecule has 1 unspecified atom stereocenters. The van der Waals surface area contributed by atoms with Crippen LogP contribution in [0, 0.1) is 5.92 Å². The van der Waals surface area contributed by atoms with E-state index in [1.54, 1.807) is 0 Å². The molecule has 2 bridgehead atoms. The maximum atomic E-state index is 12.5. The van der Waals surface area contributed by atoms with Gasteiger partial charge in [0, 0.05) is 6.42 Å². The van der Waals surface area contributed by atoms with E-state index in [2.05, 4.69) is 42.5 Å². The predicted molar refractivity (Wildman–Crippen MR) is 88.0 cm³/mol. The van der Waals surface area contributed by atoms with Gasteiger partial charge in [-0.05, 0) is 41.5 Å². The molecule has 4 rings (SSSR count). The van der Waals surface area contributed by atoms with Crippen LogP contribution in [0.2, 0.25) is 0 Å². The fourth-order valence-electron chi connectivity index (χ4n) is 4.31. The van der Waals surface area contributed by atoms with Crippen LogP contribution in [-0.4, -0.2) is 18.0 Å². The van der Waals surface area contributed by atoms with Crippen molar-refractivity contribution in [3.05, 3.63) is 48.0 Å². The van der Waals surface area contributed by atoms with Gasteiger partial charge in [0.2, 0.25) is 0 Å². The maximum Gasteiger partial charge on any atom is 0.138 e. The van der Waals surface area contributed by atoms with E-state index < -0.39 is 0 Å². The van der Waals surface area contributed by atoms with Crippen molar-refractivity contribution >= 4 is 16.6 Å². The van der Waals surface area contributed by atoms with Crippen LogP contribution < -0.4 is 0 Å². The lowest BCUT2D eigenvalue weighted by atomic mass is 9.76. The maximum absolute atomic E-state index is 12.5. The fraction of sp³-hybridized carbons (Fsp3) is 0.450. The van der Waals surface area contributed by atoms with Crippen molar-refractivity contribution in [2.24, 2.45) is 5.92 Å². The van der Waals surface area contributed by atoms with E-state index in [1.807, 2.05) is 6.92 Å². The number of hydrogen-bond acceptors (Lipinski definition) is 2. The van der Waals surface area contributed by atoms with Crippen molar-refractivity contribution in [3.8, 4) is 0 Å². The number of fused-ring (bicyclic) bond motifs is 3. The molecule has 2 aliphatic heterocycles. The van der Waals surface area contributed by atoms with Crippen molar-refractivity contribution in [1.29, 1.82) is 0 Å². The van der Waals surface area contributed by atoms with Gasteiger partial charge in [-0.2, -0.15) is 0 Å². The van der Waals surface area contributed by atoms with Gasteiger partial charge in [-0.3, -0.25) is 4.79 Å². The van der Waals surface area contributed by atoms with Crippen molar-refractivity contribution in [1.82, 2.24) is 0 Å². The first-order valence-electron chi connectivity index (χ1n) is 8.43. The molecule has 2 nitrogen and oxygen atoms in total. The molecule has 22 heavy (non-hydrogen) atoms. The topological polar surface area (TPSA) is 26.3 Å². The average Bonchev–Trinajstić information content (AvgIpc) is 2.95. The Kier molecular flexibility index (Phi) is 3.50. The number of Topliss-reactive ketones (excluding diaryl/α,β-unsaturated/α-hetero) is 1. The summed E-state index contributed by atoms with van der Waals surface area (Å²) in [6.07, 6.45) is 4.25. The number of carbonyl (C=O) groups is 1. The average molecular weight is 294 g/mol. The molecule has 2 heterocycles. The second-order valence-corrected chi connectivity index (χ2v) is 6.67. The number of rotatable bonds is 3. The van der Waals surface area contributed by atoms with Crippen LogP contribution >= 0.6 is 0 Å². The summed E-state index contributed by atoms with van der Waals surface area (Å²) in [6.45, 7) is 1.97. The largest absolute Gasteiger partial charge is 0.374 e. The smallest absolute Gasteiger partial charge is 0.138 e. The first-order valence-corrected chi connectivity index (χ1v) is 8.43. The first kappa shape index (κ1) is 14.0. The summed E-state index contributed by atoms with van der Waals surface area (Å²) in [6, 6.07) is 15.1. The molecule has 0 saturated carbocycles. The molecule has 0 spiro atoms. The predicted octanol–water partition coefficient (Wildman–Crippen LogP) is 4.47. The third kappa shape index (κ3) is 2.26. The second-order valence-electron chi connectivity index (χ2n) is 6.67.